The number of aryl methyl sites for hydroxylation is 1. The first kappa shape index (κ1) is 22.1. The number of aromatic carboxylic acids is 1. The summed E-state index contributed by atoms with van der Waals surface area (Å²) in [6, 6.07) is 13.5. The van der Waals surface area contributed by atoms with Gasteiger partial charge in [-0.2, -0.15) is 0 Å². The molecule has 0 bridgehead atoms. The molecular formula is C23H28ClN3O3. The highest BCUT2D eigenvalue weighted by atomic mass is 35.5. The van der Waals surface area contributed by atoms with E-state index in [0.29, 0.717) is 12.1 Å². The number of carbonyl (C=O) groups is 2. The molecule has 0 radical (unpaired) electrons. The first-order valence-corrected chi connectivity index (χ1v) is 10.2. The molecule has 0 spiro atoms. The monoisotopic (exact) mass is 429 g/mol. The van der Waals surface area contributed by atoms with Crippen LogP contribution in [-0.4, -0.2) is 54.7 Å². The van der Waals surface area contributed by atoms with E-state index in [9.17, 15) is 9.59 Å². The number of hydrogen-bond donors (Lipinski definition) is 2. The number of carboxylic acid groups (broad SMARTS) is 1. The molecule has 1 fully saturated rings. The summed E-state index contributed by atoms with van der Waals surface area (Å²) in [7, 11) is 2.15. The Labute approximate surface area is 183 Å². The van der Waals surface area contributed by atoms with Crippen molar-refractivity contribution < 1.29 is 14.7 Å². The average Bonchev–Trinajstić information content (AvgIpc) is 2.99. The third-order valence-corrected chi connectivity index (χ3v) is 6.03. The summed E-state index contributed by atoms with van der Waals surface area (Å²) in [6.07, 6.45) is 3.68. The largest absolute Gasteiger partial charge is 0.478 e. The molecule has 2 amide bonds. The van der Waals surface area contributed by atoms with Crippen molar-refractivity contribution in [3.63, 3.8) is 0 Å². The molecule has 2 heterocycles. The number of amides is 2. The van der Waals surface area contributed by atoms with Gasteiger partial charge in [0, 0.05) is 25.3 Å². The van der Waals surface area contributed by atoms with Crippen molar-refractivity contribution in [1.29, 1.82) is 0 Å². The van der Waals surface area contributed by atoms with Gasteiger partial charge in [-0.05, 0) is 73.7 Å². The standard InChI is InChI=1S/C23H27N3O3.ClH/c1-25-12-10-17-7-9-20(14-19(17)11-13-25)26-21(15-24-23(26)29)8-4-16-2-5-18(6-3-16)22(27)28;/h2-3,5-7,9,14,21H,4,8,10-13,15H2,1H3,(H,24,29)(H,27,28);1H. The maximum Gasteiger partial charge on any atom is 0.335 e. The maximum atomic E-state index is 12.5. The van der Waals surface area contributed by atoms with Crippen LogP contribution in [0.2, 0.25) is 0 Å². The van der Waals surface area contributed by atoms with Gasteiger partial charge in [0.2, 0.25) is 0 Å². The van der Waals surface area contributed by atoms with Crippen LogP contribution < -0.4 is 10.2 Å². The molecule has 7 heteroatoms. The van der Waals surface area contributed by atoms with E-state index >= 15 is 0 Å². The van der Waals surface area contributed by atoms with E-state index in [0.717, 1.165) is 50.0 Å². The number of nitrogens with one attached hydrogen (secondary N) is 1. The van der Waals surface area contributed by atoms with Crippen molar-refractivity contribution in [3.05, 3.63) is 64.7 Å². The Morgan fingerprint density at radius 3 is 2.50 bits per heavy atom. The number of fused-ring (bicyclic) bond motifs is 1. The zero-order valence-electron chi connectivity index (χ0n) is 17.1. The van der Waals surface area contributed by atoms with E-state index in [1.807, 2.05) is 17.0 Å². The summed E-state index contributed by atoms with van der Waals surface area (Å²) < 4.78 is 0. The van der Waals surface area contributed by atoms with Crippen LogP contribution in [0.5, 0.6) is 0 Å². The lowest BCUT2D eigenvalue weighted by Gasteiger charge is -2.24. The van der Waals surface area contributed by atoms with E-state index in [4.69, 9.17) is 5.11 Å². The number of benzene rings is 2. The van der Waals surface area contributed by atoms with Gasteiger partial charge in [0.05, 0.1) is 11.6 Å². The Hall–Kier alpha value is -2.57. The minimum absolute atomic E-state index is 0. The molecule has 1 atom stereocenters. The lowest BCUT2D eigenvalue weighted by atomic mass is 10.0. The molecule has 6 nitrogen and oxygen atoms in total. The minimum atomic E-state index is -0.914. The summed E-state index contributed by atoms with van der Waals surface area (Å²) in [5.74, 6) is -0.914. The molecule has 0 aliphatic carbocycles. The highest BCUT2D eigenvalue weighted by Gasteiger charge is 2.32. The second kappa shape index (κ2) is 9.49. The van der Waals surface area contributed by atoms with Crippen LogP contribution >= 0.6 is 12.4 Å². The topological polar surface area (TPSA) is 72.9 Å². The summed E-state index contributed by atoms with van der Waals surface area (Å²) >= 11 is 0. The molecule has 2 aliphatic rings. The third-order valence-electron chi connectivity index (χ3n) is 6.03. The molecule has 2 aromatic rings. The molecule has 0 aromatic heterocycles. The van der Waals surface area contributed by atoms with Crippen molar-refractivity contribution in [2.45, 2.75) is 31.7 Å². The van der Waals surface area contributed by atoms with Gasteiger partial charge in [-0.1, -0.05) is 18.2 Å². The van der Waals surface area contributed by atoms with Crippen LogP contribution in [0.25, 0.3) is 0 Å². The molecule has 2 aliphatic heterocycles. The number of hydrogen-bond acceptors (Lipinski definition) is 3. The summed E-state index contributed by atoms with van der Waals surface area (Å²) in [5.41, 5.74) is 5.07. The van der Waals surface area contributed by atoms with Crippen LogP contribution in [0.1, 0.15) is 33.5 Å². The Balaban J connectivity index is 0.00000256. The van der Waals surface area contributed by atoms with Gasteiger partial charge in [-0.15, -0.1) is 12.4 Å². The fourth-order valence-electron chi connectivity index (χ4n) is 4.23. The van der Waals surface area contributed by atoms with Gasteiger partial charge in [-0.25, -0.2) is 9.59 Å². The highest BCUT2D eigenvalue weighted by molar-refractivity contribution is 5.95. The van der Waals surface area contributed by atoms with Crippen molar-refractivity contribution in [3.8, 4) is 0 Å². The number of likely N-dealkylation sites (N-methyl/N-ethyl adjacent to an activating group) is 1. The van der Waals surface area contributed by atoms with E-state index in [-0.39, 0.29) is 24.5 Å². The molecule has 160 valence electrons. The van der Waals surface area contributed by atoms with Crippen LogP contribution in [-0.2, 0) is 19.3 Å². The fraction of sp³-hybridized carbons (Fsp3) is 0.391. The van der Waals surface area contributed by atoms with Gasteiger partial charge < -0.3 is 15.3 Å². The number of urea groups is 1. The molecular weight excluding hydrogens is 402 g/mol. The van der Waals surface area contributed by atoms with Gasteiger partial charge >= 0.3 is 12.0 Å². The lowest BCUT2D eigenvalue weighted by molar-refractivity contribution is 0.0697. The molecule has 2 N–H and O–H groups in total. The fourth-order valence-corrected chi connectivity index (χ4v) is 4.23. The Kier molecular flexibility index (Phi) is 7.00. The molecule has 2 aromatic carbocycles. The second-order valence-corrected chi connectivity index (χ2v) is 8.01. The SMILES string of the molecule is CN1CCc2ccc(N3C(=O)NCC3CCc3ccc(C(=O)O)cc3)cc2CC1.Cl. The number of carbonyl (C=O) groups excluding carboxylic acids is 1. The van der Waals surface area contributed by atoms with Crippen molar-refractivity contribution in [1.82, 2.24) is 10.2 Å². The predicted octanol–water partition coefficient (Wildman–Crippen LogP) is 3.37. The van der Waals surface area contributed by atoms with Gasteiger partial charge in [0.15, 0.2) is 0 Å². The molecule has 30 heavy (non-hydrogen) atoms. The zero-order valence-corrected chi connectivity index (χ0v) is 18.0. The van der Waals surface area contributed by atoms with Crippen molar-refractivity contribution >= 4 is 30.1 Å². The minimum Gasteiger partial charge on any atom is -0.478 e. The normalized spacial score (nSPS) is 18.9. The highest BCUT2D eigenvalue weighted by Crippen LogP contribution is 2.27. The van der Waals surface area contributed by atoms with E-state index in [1.54, 1.807) is 12.1 Å². The molecule has 0 saturated carbocycles. The van der Waals surface area contributed by atoms with Crippen LogP contribution in [0.4, 0.5) is 10.5 Å². The van der Waals surface area contributed by atoms with Crippen molar-refractivity contribution in [2.24, 2.45) is 0 Å². The summed E-state index contributed by atoms with van der Waals surface area (Å²) in [4.78, 5) is 27.8. The Morgan fingerprint density at radius 2 is 1.80 bits per heavy atom. The summed E-state index contributed by atoms with van der Waals surface area (Å²) in [6.45, 7) is 2.74. The first-order valence-electron chi connectivity index (χ1n) is 10.2. The average molecular weight is 430 g/mol. The second-order valence-electron chi connectivity index (χ2n) is 8.01. The summed E-state index contributed by atoms with van der Waals surface area (Å²) in [5, 5.41) is 12.0. The maximum absolute atomic E-state index is 12.5. The lowest BCUT2D eigenvalue weighted by Crippen LogP contribution is -2.34. The van der Waals surface area contributed by atoms with Crippen LogP contribution in [0, 0.1) is 0 Å². The zero-order chi connectivity index (χ0) is 20.4. The smallest absolute Gasteiger partial charge is 0.335 e. The number of halogens is 1. The Bertz CT molecular complexity index is 916. The van der Waals surface area contributed by atoms with Gasteiger partial charge in [-0.3, -0.25) is 4.90 Å². The number of nitrogens with zero attached hydrogens (tertiary/aromatic N) is 2. The van der Waals surface area contributed by atoms with Crippen LogP contribution in [0.15, 0.2) is 42.5 Å². The predicted molar refractivity (Wildman–Crippen MR) is 120 cm³/mol. The van der Waals surface area contributed by atoms with Gasteiger partial charge in [0.1, 0.15) is 0 Å². The molecule has 1 unspecified atom stereocenters. The van der Waals surface area contributed by atoms with Crippen molar-refractivity contribution in [2.75, 3.05) is 31.6 Å². The first-order chi connectivity index (χ1) is 14.0. The van der Waals surface area contributed by atoms with Crippen LogP contribution in [0.3, 0.4) is 0 Å². The van der Waals surface area contributed by atoms with E-state index in [2.05, 4.69) is 35.5 Å². The molecule has 1 saturated heterocycles. The Morgan fingerprint density at radius 1 is 1.10 bits per heavy atom. The quantitative estimate of drug-likeness (QED) is 0.764. The number of anilines is 1. The molecule has 4 rings (SSSR count). The van der Waals surface area contributed by atoms with Gasteiger partial charge in [0.25, 0.3) is 0 Å². The number of rotatable bonds is 5. The third kappa shape index (κ3) is 4.77. The van der Waals surface area contributed by atoms with E-state index in [1.165, 1.54) is 11.1 Å². The number of carboxylic acids is 1. The van der Waals surface area contributed by atoms with E-state index < -0.39 is 5.97 Å².